The molecule has 0 amide bonds. The third-order valence-corrected chi connectivity index (χ3v) is 2.52. The van der Waals surface area contributed by atoms with Crippen LogP contribution in [0.15, 0.2) is 24.4 Å². The summed E-state index contributed by atoms with van der Waals surface area (Å²) >= 11 is 0. The van der Waals surface area contributed by atoms with Crippen molar-refractivity contribution in [1.29, 1.82) is 0 Å². The number of nitrogens with zero attached hydrogens (tertiary/aromatic N) is 1. The van der Waals surface area contributed by atoms with Gasteiger partial charge in [-0.25, -0.2) is 4.85 Å². The molecule has 0 saturated heterocycles. The van der Waals surface area contributed by atoms with Crippen LogP contribution in [-0.4, -0.2) is 17.6 Å². The molecule has 0 fully saturated rings. The molecule has 1 aromatic carbocycles. The standard InChI is InChI=1S/C13H12N2O2/c1-3-17-13(16)6-9-8-15-12-7-10(14-2)4-5-11(9)12/h4-5,7-8,15H,3,6H2,1H3. The highest BCUT2D eigenvalue weighted by molar-refractivity contribution is 5.89. The number of nitrogens with one attached hydrogen (secondary N) is 1. The molecule has 0 bridgehead atoms. The van der Waals surface area contributed by atoms with E-state index in [0.29, 0.717) is 12.3 Å². The highest BCUT2D eigenvalue weighted by Gasteiger charge is 2.09. The summed E-state index contributed by atoms with van der Waals surface area (Å²) < 4.78 is 4.91. The first kappa shape index (κ1) is 11.2. The summed E-state index contributed by atoms with van der Waals surface area (Å²) in [6.45, 7) is 9.11. The largest absolute Gasteiger partial charge is 0.466 e. The lowest BCUT2D eigenvalue weighted by Gasteiger charge is -2.00. The molecule has 2 rings (SSSR count). The third-order valence-electron chi connectivity index (χ3n) is 2.52. The van der Waals surface area contributed by atoms with Crippen LogP contribution in [0.2, 0.25) is 0 Å². The van der Waals surface area contributed by atoms with Gasteiger partial charge >= 0.3 is 5.97 Å². The molecule has 0 saturated carbocycles. The van der Waals surface area contributed by atoms with Crippen molar-refractivity contribution in [2.24, 2.45) is 0 Å². The van der Waals surface area contributed by atoms with Crippen LogP contribution in [-0.2, 0) is 16.0 Å². The Labute approximate surface area is 99.0 Å². The van der Waals surface area contributed by atoms with E-state index in [1.165, 1.54) is 0 Å². The van der Waals surface area contributed by atoms with E-state index >= 15 is 0 Å². The number of carbonyl (C=O) groups is 1. The summed E-state index contributed by atoms with van der Waals surface area (Å²) in [5.74, 6) is -0.234. The molecule has 0 aliphatic rings. The van der Waals surface area contributed by atoms with Gasteiger partial charge in [-0.2, -0.15) is 0 Å². The van der Waals surface area contributed by atoms with E-state index in [9.17, 15) is 4.79 Å². The molecule has 4 heteroatoms. The number of hydrogen-bond acceptors (Lipinski definition) is 2. The first-order valence-corrected chi connectivity index (χ1v) is 5.37. The van der Waals surface area contributed by atoms with Gasteiger partial charge in [0.2, 0.25) is 0 Å². The Morgan fingerprint density at radius 2 is 2.35 bits per heavy atom. The van der Waals surface area contributed by atoms with E-state index in [4.69, 9.17) is 11.3 Å². The van der Waals surface area contributed by atoms with Gasteiger partial charge in [0.1, 0.15) is 0 Å². The lowest BCUT2D eigenvalue weighted by molar-refractivity contribution is -0.142. The van der Waals surface area contributed by atoms with Crippen molar-refractivity contribution in [3.8, 4) is 0 Å². The zero-order valence-electron chi connectivity index (χ0n) is 9.49. The molecule has 2 aromatic rings. The van der Waals surface area contributed by atoms with Crippen LogP contribution in [0.25, 0.3) is 15.7 Å². The monoisotopic (exact) mass is 228 g/mol. The lowest BCUT2D eigenvalue weighted by atomic mass is 10.1. The highest BCUT2D eigenvalue weighted by Crippen LogP contribution is 2.24. The highest BCUT2D eigenvalue weighted by atomic mass is 16.5. The molecular weight excluding hydrogens is 216 g/mol. The predicted octanol–water partition coefficient (Wildman–Crippen LogP) is 2.82. The van der Waals surface area contributed by atoms with Crippen molar-refractivity contribution in [1.82, 2.24) is 4.98 Å². The fourth-order valence-electron chi connectivity index (χ4n) is 1.76. The van der Waals surface area contributed by atoms with Crippen molar-refractivity contribution < 1.29 is 9.53 Å². The molecule has 0 aliphatic heterocycles. The number of hydrogen-bond donors (Lipinski definition) is 1. The van der Waals surface area contributed by atoms with E-state index in [2.05, 4.69) is 9.83 Å². The Morgan fingerprint density at radius 1 is 1.53 bits per heavy atom. The van der Waals surface area contributed by atoms with E-state index in [-0.39, 0.29) is 12.4 Å². The maximum Gasteiger partial charge on any atom is 0.310 e. The van der Waals surface area contributed by atoms with E-state index < -0.39 is 0 Å². The van der Waals surface area contributed by atoms with Gasteiger partial charge in [0.15, 0.2) is 5.69 Å². The number of esters is 1. The summed E-state index contributed by atoms with van der Waals surface area (Å²) in [6, 6.07) is 5.38. The number of H-pyrrole nitrogens is 1. The Hall–Kier alpha value is -2.28. The Morgan fingerprint density at radius 3 is 3.06 bits per heavy atom. The van der Waals surface area contributed by atoms with Crippen LogP contribution in [0.1, 0.15) is 12.5 Å². The minimum absolute atomic E-state index is 0.234. The quantitative estimate of drug-likeness (QED) is 0.648. The smallest absolute Gasteiger partial charge is 0.310 e. The number of benzene rings is 1. The van der Waals surface area contributed by atoms with Crippen molar-refractivity contribution in [2.45, 2.75) is 13.3 Å². The number of ether oxygens (including phenoxy) is 1. The van der Waals surface area contributed by atoms with Crippen LogP contribution in [0.3, 0.4) is 0 Å². The predicted molar refractivity (Wildman–Crippen MR) is 64.9 cm³/mol. The minimum atomic E-state index is -0.234. The zero-order chi connectivity index (χ0) is 12.3. The van der Waals surface area contributed by atoms with Crippen LogP contribution in [0, 0.1) is 6.57 Å². The van der Waals surface area contributed by atoms with Crippen LogP contribution in [0.5, 0.6) is 0 Å². The van der Waals surface area contributed by atoms with E-state index in [1.54, 1.807) is 25.3 Å². The molecule has 86 valence electrons. The third kappa shape index (κ3) is 2.28. The van der Waals surface area contributed by atoms with Gasteiger partial charge in [-0.1, -0.05) is 12.1 Å². The molecule has 4 nitrogen and oxygen atoms in total. The molecule has 1 heterocycles. The Balaban J connectivity index is 2.31. The average molecular weight is 228 g/mol. The second-order valence-electron chi connectivity index (χ2n) is 3.64. The van der Waals surface area contributed by atoms with Gasteiger partial charge in [-0.05, 0) is 18.6 Å². The number of rotatable bonds is 3. The van der Waals surface area contributed by atoms with Gasteiger partial charge in [-0.3, -0.25) is 4.79 Å². The second-order valence-corrected chi connectivity index (χ2v) is 3.64. The molecule has 1 N–H and O–H groups in total. The molecule has 1 aromatic heterocycles. The Kier molecular flexibility index (Phi) is 3.10. The number of fused-ring (bicyclic) bond motifs is 1. The fourth-order valence-corrected chi connectivity index (χ4v) is 1.76. The minimum Gasteiger partial charge on any atom is -0.466 e. The van der Waals surface area contributed by atoms with E-state index in [1.807, 2.05) is 6.07 Å². The van der Waals surface area contributed by atoms with Gasteiger partial charge in [0, 0.05) is 17.1 Å². The average Bonchev–Trinajstić information content (AvgIpc) is 2.72. The topological polar surface area (TPSA) is 46.5 Å². The number of aromatic amines is 1. The number of carbonyl (C=O) groups excluding carboxylic acids is 1. The first-order chi connectivity index (χ1) is 8.24. The van der Waals surface area contributed by atoms with Crippen LogP contribution >= 0.6 is 0 Å². The first-order valence-electron chi connectivity index (χ1n) is 5.37. The summed E-state index contributed by atoms with van der Waals surface area (Å²) in [7, 11) is 0. The summed E-state index contributed by atoms with van der Waals surface area (Å²) in [5.41, 5.74) is 2.36. The fraction of sp³-hybridized carbons (Fsp3) is 0.231. The van der Waals surface area contributed by atoms with Gasteiger partial charge < -0.3 is 9.72 Å². The zero-order valence-corrected chi connectivity index (χ0v) is 9.49. The molecule has 0 radical (unpaired) electrons. The lowest BCUT2D eigenvalue weighted by Crippen LogP contribution is -2.06. The maximum absolute atomic E-state index is 11.4. The van der Waals surface area contributed by atoms with Crippen molar-refractivity contribution in [3.63, 3.8) is 0 Å². The maximum atomic E-state index is 11.4. The molecule has 17 heavy (non-hydrogen) atoms. The summed E-state index contributed by atoms with van der Waals surface area (Å²) in [5, 5.41) is 0.963. The molecule has 0 unspecified atom stereocenters. The van der Waals surface area contributed by atoms with Crippen molar-refractivity contribution >= 4 is 22.6 Å². The molecule has 0 spiro atoms. The summed E-state index contributed by atoms with van der Waals surface area (Å²) in [4.78, 5) is 17.8. The van der Waals surface area contributed by atoms with Crippen LogP contribution in [0.4, 0.5) is 5.69 Å². The van der Waals surface area contributed by atoms with Gasteiger partial charge in [0.05, 0.1) is 19.6 Å². The van der Waals surface area contributed by atoms with Gasteiger partial charge in [-0.15, -0.1) is 0 Å². The van der Waals surface area contributed by atoms with E-state index in [0.717, 1.165) is 16.5 Å². The number of aromatic nitrogens is 1. The summed E-state index contributed by atoms with van der Waals surface area (Å²) in [6.07, 6.45) is 2.04. The Bertz CT molecular complexity index is 593. The van der Waals surface area contributed by atoms with Crippen molar-refractivity contribution in [3.05, 3.63) is 41.4 Å². The van der Waals surface area contributed by atoms with Crippen LogP contribution < -0.4 is 0 Å². The normalized spacial score (nSPS) is 10.1. The second kappa shape index (κ2) is 4.71. The van der Waals surface area contributed by atoms with Gasteiger partial charge in [0.25, 0.3) is 0 Å². The SMILES string of the molecule is [C-]#[N+]c1ccc2c(CC(=O)OCC)c[nH]c2c1. The molecule has 0 atom stereocenters. The molecule has 0 aliphatic carbocycles. The van der Waals surface area contributed by atoms with Crippen molar-refractivity contribution in [2.75, 3.05) is 6.61 Å². The molecular formula is C13H12N2O2.